The summed E-state index contributed by atoms with van der Waals surface area (Å²) in [6.45, 7) is 3.51. The van der Waals surface area contributed by atoms with Gasteiger partial charge in [-0.25, -0.2) is 4.98 Å². The van der Waals surface area contributed by atoms with Gasteiger partial charge in [-0.2, -0.15) is 5.26 Å². The summed E-state index contributed by atoms with van der Waals surface area (Å²) in [5, 5.41) is 20.2. The van der Waals surface area contributed by atoms with Crippen LogP contribution in [0.3, 0.4) is 0 Å². The number of nitriles is 1. The Labute approximate surface area is 118 Å². The maximum atomic E-state index is 9.83. The van der Waals surface area contributed by atoms with Crippen LogP contribution in [0.25, 0.3) is 10.9 Å². The Balaban J connectivity index is 2.04. The molecule has 2 heterocycles. The van der Waals surface area contributed by atoms with Gasteiger partial charge in [-0.1, -0.05) is 25.1 Å². The van der Waals surface area contributed by atoms with Gasteiger partial charge < -0.3 is 10.0 Å². The number of benzene rings is 1. The van der Waals surface area contributed by atoms with Gasteiger partial charge in [0.25, 0.3) is 0 Å². The molecule has 1 N–H and O–H groups in total. The highest BCUT2D eigenvalue weighted by Gasteiger charge is 2.26. The molecule has 1 aliphatic heterocycles. The summed E-state index contributed by atoms with van der Waals surface area (Å²) in [6, 6.07) is 12.0. The molecule has 1 aromatic carbocycles. The van der Waals surface area contributed by atoms with E-state index in [1.165, 1.54) is 0 Å². The van der Waals surface area contributed by atoms with Crippen molar-refractivity contribution >= 4 is 16.7 Å². The van der Waals surface area contributed by atoms with E-state index in [1.54, 1.807) is 0 Å². The zero-order chi connectivity index (χ0) is 14.1. The standard InChI is InChI=1S/C16H17N3O/c1-11-10-19(7-6-15(11)20)16-13(9-17)8-12-4-2-3-5-14(12)18-16/h2-5,8,11,15,20H,6-7,10H2,1H3. The average molecular weight is 267 g/mol. The molecule has 0 spiro atoms. The molecule has 2 aromatic rings. The molecule has 0 bridgehead atoms. The number of rotatable bonds is 1. The Hall–Kier alpha value is -2.12. The number of aromatic nitrogens is 1. The first-order valence-electron chi connectivity index (χ1n) is 6.92. The number of anilines is 1. The first-order valence-corrected chi connectivity index (χ1v) is 6.92. The third kappa shape index (κ3) is 2.21. The van der Waals surface area contributed by atoms with E-state index >= 15 is 0 Å². The third-order valence-electron chi connectivity index (χ3n) is 3.98. The van der Waals surface area contributed by atoms with Crippen molar-refractivity contribution in [3.63, 3.8) is 0 Å². The number of para-hydroxylation sites is 1. The predicted molar refractivity (Wildman–Crippen MR) is 78.5 cm³/mol. The zero-order valence-electron chi connectivity index (χ0n) is 11.5. The Morgan fingerprint density at radius 1 is 1.40 bits per heavy atom. The SMILES string of the molecule is CC1CN(c2nc3ccccc3cc2C#N)CCC1O. The van der Waals surface area contributed by atoms with Gasteiger partial charge in [0.1, 0.15) is 11.9 Å². The average Bonchev–Trinajstić information content (AvgIpc) is 2.48. The van der Waals surface area contributed by atoms with Crippen LogP contribution in [-0.2, 0) is 0 Å². The number of fused-ring (bicyclic) bond motifs is 1. The van der Waals surface area contributed by atoms with E-state index in [2.05, 4.69) is 16.0 Å². The van der Waals surface area contributed by atoms with Gasteiger partial charge in [0.2, 0.25) is 0 Å². The van der Waals surface area contributed by atoms with Crippen molar-refractivity contribution in [2.24, 2.45) is 5.92 Å². The van der Waals surface area contributed by atoms with Gasteiger partial charge in [-0.3, -0.25) is 0 Å². The molecule has 0 aliphatic carbocycles. The van der Waals surface area contributed by atoms with Crippen LogP contribution in [0.2, 0.25) is 0 Å². The van der Waals surface area contributed by atoms with E-state index in [4.69, 9.17) is 0 Å². The molecule has 4 heteroatoms. The highest BCUT2D eigenvalue weighted by molar-refractivity contribution is 5.83. The number of aliphatic hydroxyl groups excluding tert-OH is 1. The molecule has 2 unspecified atom stereocenters. The first kappa shape index (κ1) is 12.9. The highest BCUT2D eigenvalue weighted by Crippen LogP contribution is 2.27. The van der Waals surface area contributed by atoms with Crippen molar-refractivity contribution in [2.75, 3.05) is 18.0 Å². The molecule has 1 aromatic heterocycles. The van der Waals surface area contributed by atoms with Gasteiger partial charge in [-0.15, -0.1) is 0 Å². The number of aliphatic hydroxyl groups is 1. The molecule has 20 heavy (non-hydrogen) atoms. The van der Waals surface area contributed by atoms with Crippen molar-refractivity contribution in [1.82, 2.24) is 4.98 Å². The van der Waals surface area contributed by atoms with Gasteiger partial charge >= 0.3 is 0 Å². The minimum absolute atomic E-state index is 0.198. The van der Waals surface area contributed by atoms with Gasteiger partial charge in [0.05, 0.1) is 17.2 Å². The van der Waals surface area contributed by atoms with Crippen LogP contribution >= 0.6 is 0 Å². The summed E-state index contributed by atoms with van der Waals surface area (Å²) < 4.78 is 0. The molecular formula is C16H17N3O. The monoisotopic (exact) mass is 267 g/mol. The fourth-order valence-corrected chi connectivity index (χ4v) is 2.75. The summed E-state index contributed by atoms with van der Waals surface area (Å²) in [5.41, 5.74) is 1.51. The predicted octanol–water partition coefficient (Wildman–Crippen LogP) is 2.31. The fraction of sp³-hybridized carbons (Fsp3) is 0.375. The number of pyridine rings is 1. The van der Waals surface area contributed by atoms with Crippen molar-refractivity contribution in [2.45, 2.75) is 19.4 Å². The van der Waals surface area contributed by atoms with Crippen molar-refractivity contribution in [3.8, 4) is 6.07 Å². The number of piperidine rings is 1. The fourth-order valence-electron chi connectivity index (χ4n) is 2.75. The quantitative estimate of drug-likeness (QED) is 0.861. The molecule has 1 fully saturated rings. The van der Waals surface area contributed by atoms with Crippen molar-refractivity contribution < 1.29 is 5.11 Å². The molecule has 0 amide bonds. The maximum absolute atomic E-state index is 9.83. The summed E-state index contributed by atoms with van der Waals surface area (Å²) in [5.74, 6) is 0.938. The topological polar surface area (TPSA) is 60.2 Å². The lowest BCUT2D eigenvalue weighted by Crippen LogP contribution is -2.42. The molecule has 1 saturated heterocycles. The number of hydrogen-bond acceptors (Lipinski definition) is 4. The second-order valence-corrected chi connectivity index (χ2v) is 5.44. The van der Waals surface area contributed by atoms with Crippen LogP contribution < -0.4 is 4.90 Å². The van der Waals surface area contributed by atoms with Crippen LogP contribution in [-0.4, -0.2) is 29.3 Å². The molecule has 2 atom stereocenters. The summed E-state index contributed by atoms with van der Waals surface area (Å²) in [4.78, 5) is 6.76. The highest BCUT2D eigenvalue weighted by atomic mass is 16.3. The lowest BCUT2D eigenvalue weighted by Gasteiger charge is -2.35. The minimum Gasteiger partial charge on any atom is -0.393 e. The summed E-state index contributed by atoms with van der Waals surface area (Å²) >= 11 is 0. The van der Waals surface area contributed by atoms with Crippen LogP contribution in [0.5, 0.6) is 0 Å². The molecule has 0 radical (unpaired) electrons. The zero-order valence-corrected chi connectivity index (χ0v) is 11.5. The second kappa shape index (κ2) is 5.10. The lowest BCUT2D eigenvalue weighted by molar-refractivity contribution is 0.0969. The van der Waals surface area contributed by atoms with Crippen LogP contribution in [0.15, 0.2) is 30.3 Å². The van der Waals surface area contributed by atoms with E-state index < -0.39 is 0 Å². The normalized spacial score (nSPS) is 22.8. The van der Waals surface area contributed by atoms with E-state index in [9.17, 15) is 10.4 Å². The summed E-state index contributed by atoms with van der Waals surface area (Å²) in [6.07, 6.45) is 0.470. The van der Waals surface area contributed by atoms with E-state index in [0.29, 0.717) is 5.56 Å². The molecule has 1 aliphatic rings. The Morgan fingerprint density at radius 2 is 2.20 bits per heavy atom. The second-order valence-electron chi connectivity index (χ2n) is 5.44. The Morgan fingerprint density at radius 3 is 2.95 bits per heavy atom. The van der Waals surface area contributed by atoms with E-state index in [1.807, 2.05) is 37.3 Å². The summed E-state index contributed by atoms with van der Waals surface area (Å²) in [7, 11) is 0. The van der Waals surface area contributed by atoms with Gasteiger partial charge in [0, 0.05) is 18.5 Å². The third-order valence-corrected chi connectivity index (χ3v) is 3.98. The van der Waals surface area contributed by atoms with E-state index in [-0.39, 0.29) is 12.0 Å². The van der Waals surface area contributed by atoms with Crippen LogP contribution in [0.4, 0.5) is 5.82 Å². The Bertz CT molecular complexity index is 677. The molecule has 0 saturated carbocycles. The maximum Gasteiger partial charge on any atom is 0.147 e. The first-order chi connectivity index (χ1) is 9.69. The van der Waals surface area contributed by atoms with Gasteiger partial charge in [0.15, 0.2) is 0 Å². The molecule has 3 rings (SSSR count). The van der Waals surface area contributed by atoms with Crippen LogP contribution in [0, 0.1) is 17.2 Å². The van der Waals surface area contributed by atoms with Crippen molar-refractivity contribution in [1.29, 1.82) is 5.26 Å². The van der Waals surface area contributed by atoms with Gasteiger partial charge in [-0.05, 0) is 24.5 Å². The van der Waals surface area contributed by atoms with Crippen molar-refractivity contribution in [3.05, 3.63) is 35.9 Å². The smallest absolute Gasteiger partial charge is 0.147 e. The molecule has 102 valence electrons. The Kier molecular flexibility index (Phi) is 3.29. The number of hydrogen-bond donors (Lipinski definition) is 1. The minimum atomic E-state index is -0.253. The molecule has 4 nitrogen and oxygen atoms in total. The number of nitrogens with zero attached hydrogens (tertiary/aromatic N) is 3. The largest absolute Gasteiger partial charge is 0.393 e. The van der Waals surface area contributed by atoms with Crippen LogP contribution in [0.1, 0.15) is 18.9 Å². The van der Waals surface area contributed by atoms with E-state index in [0.717, 1.165) is 36.2 Å². The molecular weight excluding hydrogens is 250 g/mol. The lowest BCUT2D eigenvalue weighted by atomic mass is 9.96.